The minimum absolute atomic E-state index is 0.231. The van der Waals surface area contributed by atoms with Gasteiger partial charge in [0.1, 0.15) is 5.54 Å². The molecule has 2 atom stereocenters. The first-order chi connectivity index (χ1) is 7.80. The molecule has 17 heavy (non-hydrogen) atoms. The Kier molecular flexibility index (Phi) is 4.01. The highest BCUT2D eigenvalue weighted by Gasteiger charge is 2.41. The Labute approximate surface area is 102 Å². The second-order valence-electron chi connectivity index (χ2n) is 5.26. The third-order valence-corrected chi connectivity index (χ3v) is 3.56. The first kappa shape index (κ1) is 13.8. The van der Waals surface area contributed by atoms with Crippen LogP contribution >= 0.6 is 0 Å². The highest BCUT2D eigenvalue weighted by Crippen LogP contribution is 2.34. The summed E-state index contributed by atoms with van der Waals surface area (Å²) in [5.74, 6) is -0.429. The molecule has 1 fully saturated rings. The number of carbonyl (C=O) groups excluding carboxylic acids is 1. The lowest BCUT2D eigenvalue weighted by Gasteiger charge is -2.31. The van der Waals surface area contributed by atoms with Gasteiger partial charge in [-0.3, -0.25) is 0 Å². The average Bonchev–Trinajstić information content (AvgIpc) is 2.95. The summed E-state index contributed by atoms with van der Waals surface area (Å²) in [6.45, 7) is 5.16. The van der Waals surface area contributed by atoms with E-state index in [1.54, 1.807) is 0 Å². The number of amides is 2. The van der Waals surface area contributed by atoms with Crippen LogP contribution in [0.1, 0.15) is 40.0 Å². The molecule has 2 unspecified atom stereocenters. The summed E-state index contributed by atoms with van der Waals surface area (Å²) in [6, 6.07) is -0.0736. The van der Waals surface area contributed by atoms with Gasteiger partial charge in [-0.15, -0.1) is 0 Å². The van der Waals surface area contributed by atoms with Crippen LogP contribution in [0.15, 0.2) is 0 Å². The number of hydrogen-bond acceptors (Lipinski definition) is 2. The Morgan fingerprint density at radius 2 is 2.06 bits per heavy atom. The monoisotopic (exact) mass is 242 g/mol. The number of carboxylic acid groups (broad SMARTS) is 1. The first-order valence-corrected chi connectivity index (χ1v) is 6.08. The molecule has 0 spiro atoms. The van der Waals surface area contributed by atoms with Crippen LogP contribution in [0, 0.1) is 5.92 Å². The number of aliphatic carboxylic acids is 1. The Bertz CT molecular complexity index is 315. The number of carbonyl (C=O) groups is 2. The lowest BCUT2D eigenvalue weighted by Crippen LogP contribution is -2.54. The molecule has 1 saturated carbocycles. The van der Waals surface area contributed by atoms with Crippen molar-refractivity contribution >= 4 is 12.0 Å². The second-order valence-corrected chi connectivity index (χ2v) is 5.26. The molecule has 0 aromatic heterocycles. The summed E-state index contributed by atoms with van der Waals surface area (Å²) in [5, 5.41) is 11.9. The maximum atomic E-state index is 11.8. The van der Waals surface area contributed by atoms with Gasteiger partial charge < -0.3 is 15.3 Å². The van der Waals surface area contributed by atoms with Crippen molar-refractivity contribution in [2.75, 3.05) is 7.05 Å². The largest absolute Gasteiger partial charge is 0.480 e. The third kappa shape index (κ3) is 3.11. The van der Waals surface area contributed by atoms with Crippen molar-refractivity contribution in [1.29, 1.82) is 0 Å². The van der Waals surface area contributed by atoms with E-state index in [1.165, 1.54) is 25.8 Å². The van der Waals surface area contributed by atoms with E-state index in [0.29, 0.717) is 5.92 Å². The zero-order chi connectivity index (χ0) is 13.2. The van der Waals surface area contributed by atoms with E-state index in [4.69, 9.17) is 5.11 Å². The summed E-state index contributed by atoms with van der Waals surface area (Å²) in [7, 11) is 1.51. The van der Waals surface area contributed by atoms with Gasteiger partial charge in [-0.25, -0.2) is 9.59 Å². The molecule has 5 heteroatoms. The van der Waals surface area contributed by atoms with E-state index >= 15 is 0 Å². The maximum absolute atomic E-state index is 11.8. The fourth-order valence-electron chi connectivity index (χ4n) is 1.77. The van der Waals surface area contributed by atoms with Crippen LogP contribution in [-0.2, 0) is 4.79 Å². The number of nitrogens with zero attached hydrogens (tertiary/aromatic N) is 1. The van der Waals surface area contributed by atoms with Crippen molar-refractivity contribution in [3.8, 4) is 0 Å². The molecular formula is C12H22N2O3. The van der Waals surface area contributed by atoms with Crippen molar-refractivity contribution in [1.82, 2.24) is 10.2 Å². The van der Waals surface area contributed by atoms with Gasteiger partial charge in [0, 0.05) is 13.1 Å². The second kappa shape index (κ2) is 4.94. The van der Waals surface area contributed by atoms with Gasteiger partial charge in [-0.1, -0.05) is 13.3 Å². The molecule has 2 N–H and O–H groups in total. The van der Waals surface area contributed by atoms with E-state index in [9.17, 15) is 9.59 Å². The first-order valence-electron chi connectivity index (χ1n) is 6.08. The average molecular weight is 242 g/mol. The normalized spacial score (nSPS) is 23.1. The van der Waals surface area contributed by atoms with Crippen molar-refractivity contribution < 1.29 is 14.7 Å². The van der Waals surface area contributed by atoms with Crippen LogP contribution in [0.5, 0.6) is 0 Å². The van der Waals surface area contributed by atoms with E-state index in [1.807, 2.05) is 0 Å². The third-order valence-electron chi connectivity index (χ3n) is 3.56. The van der Waals surface area contributed by atoms with Gasteiger partial charge in [-0.2, -0.15) is 0 Å². The predicted octanol–water partition coefficient (Wildman–Crippen LogP) is 1.68. The number of hydrogen-bond donors (Lipinski definition) is 2. The molecule has 0 bridgehead atoms. The van der Waals surface area contributed by atoms with Crippen LogP contribution in [0.2, 0.25) is 0 Å². The molecule has 98 valence electrons. The quantitative estimate of drug-likeness (QED) is 0.770. The van der Waals surface area contributed by atoms with E-state index in [2.05, 4.69) is 12.2 Å². The maximum Gasteiger partial charge on any atom is 0.329 e. The SMILES string of the molecule is CCCC1CC1NC(=O)N(C)C(C)(C)C(=O)O. The molecule has 0 saturated heterocycles. The molecule has 5 nitrogen and oxygen atoms in total. The van der Waals surface area contributed by atoms with Crippen LogP contribution in [-0.4, -0.2) is 40.6 Å². The smallest absolute Gasteiger partial charge is 0.329 e. The van der Waals surface area contributed by atoms with E-state index in [-0.39, 0.29) is 12.1 Å². The van der Waals surface area contributed by atoms with Crippen molar-refractivity contribution in [3.05, 3.63) is 0 Å². The molecule has 0 aromatic rings. The van der Waals surface area contributed by atoms with Crippen LogP contribution in [0.4, 0.5) is 4.79 Å². The molecule has 0 radical (unpaired) electrons. The highest BCUT2D eigenvalue weighted by molar-refractivity contribution is 5.85. The topological polar surface area (TPSA) is 69.6 Å². The van der Waals surface area contributed by atoms with E-state index < -0.39 is 11.5 Å². The van der Waals surface area contributed by atoms with Crippen LogP contribution in [0.3, 0.4) is 0 Å². The standard InChI is InChI=1S/C12H22N2O3/c1-5-6-8-7-9(8)13-11(17)14(4)12(2,3)10(15)16/h8-9H,5-7H2,1-4H3,(H,13,17)(H,15,16). The fourth-order valence-corrected chi connectivity index (χ4v) is 1.77. The van der Waals surface area contributed by atoms with Crippen LogP contribution < -0.4 is 5.32 Å². The van der Waals surface area contributed by atoms with Crippen molar-refractivity contribution in [3.63, 3.8) is 0 Å². The van der Waals surface area contributed by atoms with Gasteiger partial charge in [0.25, 0.3) is 0 Å². The molecule has 1 aliphatic carbocycles. The number of rotatable bonds is 5. The fraction of sp³-hybridized carbons (Fsp3) is 0.833. The van der Waals surface area contributed by atoms with E-state index in [0.717, 1.165) is 19.3 Å². The molecule has 1 aliphatic rings. The minimum atomic E-state index is -1.18. The Morgan fingerprint density at radius 1 is 1.47 bits per heavy atom. The van der Waals surface area contributed by atoms with Gasteiger partial charge in [0.05, 0.1) is 0 Å². The molecule has 2 amide bonds. The summed E-state index contributed by atoms with van der Waals surface area (Å²) < 4.78 is 0. The van der Waals surface area contributed by atoms with Crippen molar-refractivity contribution in [2.24, 2.45) is 5.92 Å². The van der Waals surface area contributed by atoms with Crippen molar-refractivity contribution in [2.45, 2.75) is 51.6 Å². The Morgan fingerprint density at radius 3 is 2.53 bits per heavy atom. The van der Waals surface area contributed by atoms with Gasteiger partial charge in [-0.05, 0) is 32.6 Å². The van der Waals surface area contributed by atoms with Gasteiger partial charge in [0.15, 0.2) is 0 Å². The number of likely N-dealkylation sites (N-methyl/N-ethyl adjacent to an activating group) is 1. The Balaban J connectivity index is 2.46. The number of urea groups is 1. The number of nitrogens with one attached hydrogen (secondary N) is 1. The molecule has 0 aliphatic heterocycles. The summed E-state index contributed by atoms with van der Waals surface area (Å²) in [6.07, 6.45) is 3.26. The summed E-state index contributed by atoms with van der Waals surface area (Å²) >= 11 is 0. The summed E-state index contributed by atoms with van der Waals surface area (Å²) in [5.41, 5.74) is -1.18. The predicted molar refractivity (Wildman–Crippen MR) is 64.8 cm³/mol. The van der Waals surface area contributed by atoms with Crippen LogP contribution in [0.25, 0.3) is 0 Å². The lowest BCUT2D eigenvalue weighted by atomic mass is 10.1. The van der Waals surface area contributed by atoms with Gasteiger partial charge >= 0.3 is 12.0 Å². The highest BCUT2D eigenvalue weighted by atomic mass is 16.4. The molecule has 0 heterocycles. The number of carboxylic acids is 1. The minimum Gasteiger partial charge on any atom is -0.480 e. The summed E-state index contributed by atoms with van der Waals surface area (Å²) in [4.78, 5) is 24.1. The zero-order valence-electron chi connectivity index (χ0n) is 11.0. The molecule has 0 aromatic carbocycles. The zero-order valence-corrected chi connectivity index (χ0v) is 11.0. The molecule has 1 rings (SSSR count). The Hall–Kier alpha value is -1.26. The van der Waals surface area contributed by atoms with Gasteiger partial charge in [0.2, 0.25) is 0 Å². The molecular weight excluding hydrogens is 220 g/mol. The lowest BCUT2D eigenvalue weighted by molar-refractivity contribution is -0.146.